The molecule has 1 amide bonds. The van der Waals surface area contributed by atoms with Gasteiger partial charge in [0.25, 0.3) is 12.5 Å². The van der Waals surface area contributed by atoms with E-state index in [0.29, 0.717) is 0 Å². The molecule has 2 N–H and O–H groups in total. The number of rotatable bonds is 4. The lowest BCUT2D eigenvalue weighted by atomic mass is 10.2. The third kappa shape index (κ3) is 3.23. The first-order valence-corrected chi connectivity index (χ1v) is 5.69. The number of anilines is 1. The minimum absolute atomic E-state index is 0.0133. The molecule has 0 atom stereocenters. The fraction of sp³-hybridized carbons (Fsp3) is 0.0909. The lowest BCUT2D eigenvalue weighted by molar-refractivity contribution is -0.750. The second-order valence-electron chi connectivity index (χ2n) is 3.77. The molecule has 0 unspecified atom stereocenters. The molecule has 1 aromatic carbocycles. The number of carbonyl (C=O) groups excluding carboxylic acids is 1. The first-order chi connectivity index (χ1) is 9.45. The van der Waals surface area contributed by atoms with Gasteiger partial charge >= 0.3 is 5.97 Å². The van der Waals surface area contributed by atoms with Gasteiger partial charge in [0.2, 0.25) is 6.20 Å². The average Bonchev–Trinajstić information content (AvgIpc) is 2.77. The summed E-state index contributed by atoms with van der Waals surface area (Å²) in [6.07, 6.45) is 1.01. The van der Waals surface area contributed by atoms with Gasteiger partial charge in [-0.05, 0) is 18.2 Å². The number of hydrogen-bond donors (Lipinski definition) is 2. The molecule has 1 aromatic heterocycles. The summed E-state index contributed by atoms with van der Waals surface area (Å²) in [4.78, 5) is 22.5. The average molecular weight is 298 g/mol. The molecule has 9 heteroatoms. The van der Waals surface area contributed by atoms with Crippen LogP contribution in [0.5, 0.6) is 5.95 Å². The first-order valence-electron chi connectivity index (χ1n) is 5.32. The van der Waals surface area contributed by atoms with E-state index < -0.39 is 17.8 Å². The number of nitrogens with zero attached hydrogens (tertiary/aromatic N) is 2. The van der Waals surface area contributed by atoms with E-state index in [9.17, 15) is 14.7 Å². The molecule has 104 valence electrons. The number of nitrogens with one attached hydrogen (secondary N) is 1. The quantitative estimate of drug-likeness (QED) is 0.768. The standard InChI is InChI=1S/C11H8ClN3O5/c12-7-2-1-6(11(18)19)3-8(7)13-9(16)4-15-5-10(17)20-14-15/h1-3,5H,4H2,(H2-,13,14,16,17,18,19). The molecular weight excluding hydrogens is 290 g/mol. The van der Waals surface area contributed by atoms with Gasteiger partial charge in [-0.15, -0.1) is 0 Å². The van der Waals surface area contributed by atoms with Crippen LogP contribution in [0.1, 0.15) is 10.4 Å². The summed E-state index contributed by atoms with van der Waals surface area (Å²) in [6, 6.07) is 3.91. The van der Waals surface area contributed by atoms with E-state index in [1.807, 2.05) is 0 Å². The summed E-state index contributed by atoms with van der Waals surface area (Å²) >= 11 is 5.85. The Labute approximate surface area is 117 Å². The number of carboxylic acids is 1. The highest BCUT2D eigenvalue weighted by molar-refractivity contribution is 6.33. The van der Waals surface area contributed by atoms with Crippen molar-refractivity contribution in [1.29, 1.82) is 0 Å². The SMILES string of the molecule is O=C(C[n+]1cc([O-])on1)Nc1cc(C(=O)O)ccc1Cl. The summed E-state index contributed by atoms with van der Waals surface area (Å²) in [5.74, 6) is -2.35. The third-order valence-electron chi connectivity index (χ3n) is 2.28. The van der Waals surface area contributed by atoms with Crippen LogP contribution in [0.25, 0.3) is 0 Å². The van der Waals surface area contributed by atoms with Gasteiger partial charge in [0.1, 0.15) is 5.95 Å². The van der Waals surface area contributed by atoms with Crippen molar-refractivity contribution in [2.24, 2.45) is 0 Å². The van der Waals surface area contributed by atoms with E-state index in [0.717, 1.165) is 10.9 Å². The highest BCUT2D eigenvalue weighted by Gasteiger charge is 2.15. The first kappa shape index (κ1) is 13.8. The Morgan fingerprint density at radius 1 is 1.50 bits per heavy atom. The van der Waals surface area contributed by atoms with E-state index in [2.05, 4.69) is 15.1 Å². The van der Waals surface area contributed by atoms with E-state index >= 15 is 0 Å². The van der Waals surface area contributed by atoms with Crippen LogP contribution in [0.15, 0.2) is 28.9 Å². The smallest absolute Gasteiger partial charge is 0.335 e. The second kappa shape index (κ2) is 5.57. The lowest BCUT2D eigenvalue weighted by Crippen LogP contribution is -2.41. The molecule has 8 nitrogen and oxygen atoms in total. The Hall–Kier alpha value is -2.61. The van der Waals surface area contributed by atoms with Crippen molar-refractivity contribution in [1.82, 2.24) is 5.27 Å². The molecule has 2 aromatic rings. The largest absolute Gasteiger partial charge is 0.539 e. The third-order valence-corrected chi connectivity index (χ3v) is 2.61. The number of carbonyl (C=O) groups is 2. The summed E-state index contributed by atoms with van der Waals surface area (Å²) < 4.78 is 5.27. The van der Waals surface area contributed by atoms with Gasteiger partial charge in [-0.1, -0.05) is 16.3 Å². The van der Waals surface area contributed by atoms with Crippen LogP contribution in [-0.4, -0.2) is 22.3 Å². The van der Waals surface area contributed by atoms with Gasteiger partial charge in [-0.3, -0.25) is 4.79 Å². The normalized spacial score (nSPS) is 10.2. The van der Waals surface area contributed by atoms with E-state index in [-0.39, 0.29) is 22.8 Å². The predicted molar refractivity (Wildman–Crippen MR) is 63.2 cm³/mol. The van der Waals surface area contributed by atoms with Gasteiger partial charge in [-0.25, -0.2) is 4.79 Å². The molecule has 0 fully saturated rings. The molecule has 0 aliphatic heterocycles. The van der Waals surface area contributed by atoms with Crippen molar-refractivity contribution < 1.29 is 29.0 Å². The number of halogens is 1. The van der Waals surface area contributed by atoms with E-state index in [1.54, 1.807) is 0 Å². The molecule has 20 heavy (non-hydrogen) atoms. The van der Waals surface area contributed by atoms with E-state index in [4.69, 9.17) is 16.7 Å². The van der Waals surface area contributed by atoms with Gasteiger partial charge in [0.05, 0.1) is 21.5 Å². The van der Waals surface area contributed by atoms with E-state index in [1.165, 1.54) is 18.2 Å². The van der Waals surface area contributed by atoms with Crippen molar-refractivity contribution in [3.8, 4) is 5.95 Å². The van der Waals surface area contributed by atoms with Gasteiger partial charge < -0.3 is 20.1 Å². The van der Waals surface area contributed by atoms with Crippen LogP contribution in [0.3, 0.4) is 0 Å². The van der Waals surface area contributed by atoms with Crippen molar-refractivity contribution in [2.75, 3.05) is 5.32 Å². The second-order valence-corrected chi connectivity index (χ2v) is 4.17. The van der Waals surface area contributed by atoms with Crippen LogP contribution in [-0.2, 0) is 11.3 Å². The summed E-state index contributed by atoms with van der Waals surface area (Å²) in [5.41, 5.74) is 0.142. The molecular formula is C11H8ClN3O5. The Morgan fingerprint density at radius 2 is 2.25 bits per heavy atom. The highest BCUT2D eigenvalue weighted by atomic mass is 35.5. The molecule has 0 bridgehead atoms. The number of carboxylic acid groups (broad SMARTS) is 1. The number of benzene rings is 1. The van der Waals surface area contributed by atoms with Gasteiger partial charge in [0, 0.05) is 0 Å². The topological polar surface area (TPSA) is 119 Å². The molecule has 0 aliphatic rings. The number of amides is 1. The molecule has 0 saturated carbocycles. The zero-order chi connectivity index (χ0) is 14.7. The maximum absolute atomic E-state index is 11.7. The zero-order valence-corrected chi connectivity index (χ0v) is 10.6. The van der Waals surface area contributed by atoms with Crippen LogP contribution in [0.2, 0.25) is 5.02 Å². The predicted octanol–water partition coefficient (Wildman–Crippen LogP) is 0.0260. The monoisotopic (exact) mass is 297 g/mol. The molecule has 0 spiro atoms. The van der Waals surface area contributed by atoms with Gasteiger partial charge in [-0.2, -0.15) is 0 Å². The number of hydrogen-bond acceptors (Lipinski definition) is 5. The summed E-state index contributed by atoms with van der Waals surface area (Å²) in [6.45, 7) is -0.265. The maximum atomic E-state index is 11.7. The van der Waals surface area contributed by atoms with Crippen molar-refractivity contribution in [3.63, 3.8) is 0 Å². The van der Waals surface area contributed by atoms with Crippen LogP contribution in [0, 0.1) is 0 Å². The zero-order valence-electron chi connectivity index (χ0n) is 9.87. The van der Waals surface area contributed by atoms with Crippen LogP contribution < -0.4 is 15.1 Å². The molecule has 0 radical (unpaired) electrons. The molecule has 1 heterocycles. The highest BCUT2D eigenvalue weighted by Crippen LogP contribution is 2.23. The molecule has 0 saturated heterocycles. The van der Waals surface area contributed by atoms with Crippen LogP contribution in [0.4, 0.5) is 5.69 Å². The van der Waals surface area contributed by atoms with Crippen molar-refractivity contribution in [3.05, 3.63) is 35.0 Å². The molecule has 0 aliphatic carbocycles. The Bertz CT molecular complexity index is 670. The lowest BCUT2D eigenvalue weighted by Gasteiger charge is -2.05. The van der Waals surface area contributed by atoms with Gasteiger partial charge in [0.15, 0.2) is 0 Å². The maximum Gasteiger partial charge on any atom is 0.335 e. The minimum Gasteiger partial charge on any atom is -0.539 e. The summed E-state index contributed by atoms with van der Waals surface area (Å²) in [7, 11) is 0. The van der Waals surface area contributed by atoms with Crippen molar-refractivity contribution in [2.45, 2.75) is 6.54 Å². The Morgan fingerprint density at radius 3 is 2.85 bits per heavy atom. The minimum atomic E-state index is -1.14. The number of aromatic nitrogens is 2. The molecule has 2 rings (SSSR count). The fourth-order valence-corrected chi connectivity index (χ4v) is 1.59. The van der Waals surface area contributed by atoms with Crippen LogP contribution >= 0.6 is 11.6 Å². The Kier molecular flexibility index (Phi) is 3.85. The Balaban J connectivity index is 2.11. The fourth-order valence-electron chi connectivity index (χ4n) is 1.43. The summed E-state index contributed by atoms with van der Waals surface area (Å²) in [5, 5.41) is 25.5. The number of aromatic carboxylic acids is 1. The van der Waals surface area contributed by atoms with Crippen molar-refractivity contribution >= 4 is 29.2 Å².